The molecule has 1 fully saturated rings. The van der Waals surface area contributed by atoms with E-state index in [1.54, 1.807) is 33.3 Å². The van der Waals surface area contributed by atoms with Crippen LogP contribution in [0.4, 0.5) is 5.69 Å². The van der Waals surface area contributed by atoms with Crippen molar-refractivity contribution in [2.75, 3.05) is 11.4 Å². The summed E-state index contributed by atoms with van der Waals surface area (Å²) in [5, 5.41) is 11.0. The molecule has 2 amide bonds. The first-order valence-corrected chi connectivity index (χ1v) is 8.18. The van der Waals surface area contributed by atoms with Gasteiger partial charge in [0.2, 0.25) is 11.8 Å². The molecule has 0 radical (unpaired) electrons. The molecule has 6 nitrogen and oxygen atoms in total. The molecule has 0 bridgehead atoms. The summed E-state index contributed by atoms with van der Waals surface area (Å²) in [5.41, 5.74) is 1.94. The quantitative estimate of drug-likeness (QED) is 0.904. The molecule has 2 aromatic rings. The zero-order valence-electron chi connectivity index (χ0n) is 12.4. The molecule has 3 heterocycles. The SMILES string of the molecule is Cn1cc(N2CCC(NC(=O)CCc3ccsc3)C2=O)cn1. The zero-order chi connectivity index (χ0) is 15.5. The number of aryl methyl sites for hydroxylation is 2. The lowest BCUT2D eigenvalue weighted by atomic mass is 10.1. The van der Waals surface area contributed by atoms with Gasteiger partial charge in [0.05, 0.1) is 11.9 Å². The standard InChI is InChI=1S/C15H18N4O2S/c1-18-9-12(8-16-18)19-6-4-13(15(19)21)17-14(20)3-2-11-5-7-22-10-11/h5,7-10,13H,2-4,6H2,1H3,(H,17,20). The van der Waals surface area contributed by atoms with Gasteiger partial charge in [-0.05, 0) is 35.2 Å². The number of hydrogen-bond acceptors (Lipinski definition) is 4. The van der Waals surface area contributed by atoms with Crippen LogP contribution in [0.5, 0.6) is 0 Å². The van der Waals surface area contributed by atoms with E-state index in [0.717, 1.165) is 11.3 Å². The van der Waals surface area contributed by atoms with E-state index in [2.05, 4.69) is 10.4 Å². The van der Waals surface area contributed by atoms with Crippen LogP contribution in [0, 0.1) is 0 Å². The Labute approximate surface area is 132 Å². The van der Waals surface area contributed by atoms with E-state index >= 15 is 0 Å². The fourth-order valence-electron chi connectivity index (χ4n) is 2.58. The lowest BCUT2D eigenvalue weighted by Gasteiger charge is -2.15. The van der Waals surface area contributed by atoms with Crippen molar-refractivity contribution in [3.8, 4) is 0 Å². The highest BCUT2D eigenvalue weighted by Crippen LogP contribution is 2.20. The number of rotatable bonds is 5. The van der Waals surface area contributed by atoms with Crippen LogP contribution in [0.1, 0.15) is 18.4 Å². The Bertz CT molecular complexity index is 665. The van der Waals surface area contributed by atoms with Crippen molar-refractivity contribution in [2.24, 2.45) is 7.05 Å². The third-order valence-corrected chi connectivity index (χ3v) is 4.50. The number of nitrogens with zero attached hydrogens (tertiary/aromatic N) is 3. The average molecular weight is 318 g/mol. The van der Waals surface area contributed by atoms with Crippen molar-refractivity contribution in [3.05, 3.63) is 34.8 Å². The van der Waals surface area contributed by atoms with Crippen molar-refractivity contribution in [2.45, 2.75) is 25.3 Å². The molecule has 3 rings (SSSR count). The number of nitrogens with one attached hydrogen (secondary N) is 1. The normalized spacial score (nSPS) is 18.0. The number of hydrogen-bond donors (Lipinski definition) is 1. The Hall–Kier alpha value is -2.15. The van der Waals surface area contributed by atoms with Crippen LogP contribution in [-0.4, -0.2) is 34.2 Å². The Morgan fingerprint density at radius 2 is 2.41 bits per heavy atom. The molecule has 116 valence electrons. The van der Waals surface area contributed by atoms with E-state index in [4.69, 9.17) is 0 Å². The van der Waals surface area contributed by atoms with Crippen LogP contribution < -0.4 is 10.2 Å². The van der Waals surface area contributed by atoms with Gasteiger partial charge >= 0.3 is 0 Å². The third-order valence-electron chi connectivity index (χ3n) is 3.76. The van der Waals surface area contributed by atoms with Crippen LogP contribution >= 0.6 is 11.3 Å². The lowest BCUT2D eigenvalue weighted by Crippen LogP contribution is -2.41. The summed E-state index contributed by atoms with van der Waals surface area (Å²) in [5.74, 6) is -0.130. The van der Waals surface area contributed by atoms with Gasteiger partial charge in [0.15, 0.2) is 0 Å². The van der Waals surface area contributed by atoms with E-state index < -0.39 is 6.04 Å². The summed E-state index contributed by atoms with van der Waals surface area (Å²) in [7, 11) is 1.81. The first-order chi connectivity index (χ1) is 10.6. The van der Waals surface area contributed by atoms with E-state index in [1.807, 2.05) is 23.9 Å². The van der Waals surface area contributed by atoms with Crippen LogP contribution in [0.15, 0.2) is 29.2 Å². The fourth-order valence-corrected chi connectivity index (χ4v) is 3.28. The summed E-state index contributed by atoms with van der Waals surface area (Å²) in [4.78, 5) is 26.0. The number of carbonyl (C=O) groups is 2. The maximum absolute atomic E-state index is 12.4. The van der Waals surface area contributed by atoms with E-state index in [9.17, 15) is 9.59 Å². The molecule has 1 aliphatic rings. The molecule has 0 aliphatic carbocycles. The van der Waals surface area contributed by atoms with Crippen molar-refractivity contribution in [3.63, 3.8) is 0 Å². The summed E-state index contributed by atoms with van der Waals surface area (Å²) >= 11 is 1.62. The molecule has 1 atom stereocenters. The number of aromatic nitrogens is 2. The van der Waals surface area contributed by atoms with Crippen LogP contribution in [0.25, 0.3) is 0 Å². The fraction of sp³-hybridized carbons (Fsp3) is 0.400. The summed E-state index contributed by atoms with van der Waals surface area (Å²) in [6, 6.07) is 1.60. The van der Waals surface area contributed by atoms with E-state index in [0.29, 0.717) is 25.8 Å². The lowest BCUT2D eigenvalue weighted by molar-refractivity contribution is -0.126. The minimum absolute atomic E-state index is 0.0584. The maximum Gasteiger partial charge on any atom is 0.249 e. The van der Waals surface area contributed by atoms with Crippen LogP contribution in [0.3, 0.4) is 0 Å². The Kier molecular flexibility index (Phi) is 4.24. The zero-order valence-corrected chi connectivity index (χ0v) is 13.2. The van der Waals surface area contributed by atoms with E-state index in [1.165, 1.54) is 0 Å². The Morgan fingerprint density at radius 1 is 1.55 bits per heavy atom. The molecule has 1 unspecified atom stereocenters. The molecule has 0 aromatic carbocycles. The van der Waals surface area contributed by atoms with Crippen molar-refractivity contribution in [1.29, 1.82) is 0 Å². The Balaban J connectivity index is 1.53. The molecule has 0 saturated carbocycles. The van der Waals surface area contributed by atoms with Gasteiger partial charge in [-0.1, -0.05) is 0 Å². The molecule has 7 heteroatoms. The minimum Gasteiger partial charge on any atom is -0.344 e. The van der Waals surface area contributed by atoms with Gasteiger partial charge in [0.25, 0.3) is 0 Å². The topological polar surface area (TPSA) is 67.2 Å². The highest BCUT2D eigenvalue weighted by Gasteiger charge is 2.33. The van der Waals surface area contributed by atoms with E-state index in [-0.39, 0.29) is 11.8 Å². The summed E-state index contributed by atoms with van der Waals surface area (Å²) in [6.45, 7) is 0.611. The second-order valence-corrected chi connectivity index (χ2v) is 6.18. The van der Waals surface area contributed by atoms with Gasteiger partial charge in [-0.2, -0.15) is 16.4 Å². The highest BCUT2D eigenvalue weighted by atomic mass is 32.1. The van der Waals surface area contributed by atoms with Crippen LogP contribution in [0.2, 0.25) is 0 Å². The van der Waals surface area contributed by atoms with Gasteiger partial charge < -0.3 is 10.2 Å². The molecule has 1 saturated heterocycles. The summed E-state index contributed by atoms with van der Waals surface area (Å²) < 4.78 is 1.66. The molecule has 1 aliphatic heterocycles. The molecule has 2 aromatic heterocycles. The highest BCUT2D eigenvalue weighted by molar-refractivity contribution is 7.07. The maximum atomic E-state index is 12.4. The second-order valence-electron chi connectivity index (χ2n) is 5.40. The summed E-state index contributed by atoms with van der Waals surface area (Å²) in [6.07, 6.45) is 5.23. The minimum atomic E-state index is -0.421. The Morgan fingerprint density at radius 3 is 3.09 bits per heavy atom. The largest absolute Gasteiger partial charge is 0.344 e. The average Bonchev–Trinajstić information content (AvgIpc) is 3.20. The number of carbonyl (C=O) groups excluding carboxylic acids is 2. The van der Waals surface area contributed by atoms with Gasteiger partial charge in [-0.25, -0.2) is 0 Å². The van der Waals surface area contributed by atoms with Crippen molar-refractivity contribution >= 4 is 28.8 Å². The first kappa shape index (κ1) is 14.8. The predicted molar refractivity (Wildman–Crippen MR) is 84.7 cm³/mol. The molecular weight excluding hydrogens is 300 g/mol. The number of anilines is 1. The predicted octanol–water partition coefficient (Wildman–Crippen LogP) is 1.34. The molecule has 1 N–H and O–H groups in total. The van der Waals surface area contributed by atoms with Crippen molar-refractivity contribution < 1.29 is 9.59 Å². The molecule has 0 spiro atoms. The second kappa shape index (κ2) is 6.31. The van der Waals surface area contributed by atoms with Gasteiger partial charge in [0, 0.05) is 26.2 Å². The smallest absolute Gasteiger partial charge is 0.249 e. The molecule has 22 heavy (non-hydrogen) atoms. The molecular formula is C15H18N4O2S. The monoisotopic (exact) mass is 318 g/mol. The van der Waals surface area contributed by atoms with Gasteiger partial charge in [-0.15, -0.1) is 0 Å². The first-order valence-electron chi connectivity index (χ1n) is 7.24. The van der Waals surface area contributed by atoms with Gasteiger partial charge in [-0.3, -0.25) is 14.3 Å². The van der Waals surface area contributed by atoms with Gasteiger partial charge in [0.1, 0.15) is 6.04 Å². The number of amides is 2. The number of thiophene rings is 1. The third kappa shape index (κ3) is 3.19. The van der Waals surface area contributed by atoms with Crippen molar-refractivity contribution in [1.82, 2.24) is 15.1 Å². The van der Waals surface area contributed by atoms with Crippen LogP contribution in [-0.2, 0) is 23.1 Å².